The molecule has 1 aliphatic carbocycles. The highest BCUT2D eigenvalue weighted by Gasteiger charge is 2.40. The molecule has 1 aromatic carbocycles. The van der Waals surface area contributed by atoms with Crippen molar-refractivity contribution >= 4 is 17.5 Å². The third-order valence-electron chi connectivity index (χ3n) is 5.98. The van der Waals surface area contributed by atoms with Crippen molar-refractivity contribution in [2.75, 3.05) is 0 Å². The second kappa shape index (κ2) is 10.1. The zero-order valence-electron chi connectivity index (χ0n) is 18.5. The van der Waals surface area contributed by atoms with Crippen LogP contribution in [0.25, 0.3) is 0 Å². The summed E-state index contributed by atoms with van der Waals surface area (Å²) in [4.78, 5) is 12.6. The highest BCUT2D eigenvalue weighted by atomic mass is 35.5. The molecule has 0 bridgehead atoms. The molecule has 1 amide bonds. The Morgan fingerprint density at radius 3 is 2.80 bits per heavy atom. The number of halogens is 5. The lowest BCUT2D eigenvalue weighted by molar-refractivity contribution is -0.156. The van der Waals surface area contributed by atoms with E-state index < -0.39 is 42.4 Å². The molecule has 7 nitrogen and oxygen atoms in total. The lowest BCUT2D eigenvalue weighted by Gasteiger charge is -2.35. The van der Waals surface area contributed by atoms with Gasteiger partial charge in [-0.05, 0) is 24.8 Å². The van der Waals surface area contributed by atoms with Crippen molar-refractivity contribution in [3.05, 3.63) is 53.2 Å². The van der Waals surface area contributed by atoms with Crippen molar-refractivity contribution in [3.8, 4) is 11.5 Å². The first kappa shape index (κ1) is 25.3. The number of amides is 1. The Kier molecular flexibility index (Phi) is 7.27. The monoisotopic (exact) mass is 517 g/mol. The number of carbonyl (C=O) groups excluding carboxylic acids is 1. The molecule has 190 valence electrons. The van der Waals surface area contributed by atoms with Gasteiger partial charge in [-0.3, -0.25) is 9.48 Å². The number of benzene rings is 1. The summed E-state index contributed by atoms with van der Waals surface area (Å²) in [5.41, 5.74) is 0.696. The number of fused-ring (bicyclic) bond motifs is 1. The van der Waals surface area contributed by atoms with Gasteiger partial charge in [0.15, 0.2) is 11.9 Å². The summed E-state index contributed by atoms with van der Waals surface area (Å²) in [6, 6.07) is 2.31. The lowest BCUT2D eigenvalue weighted by Crippen LogP contribution is -2.41. The summed E-state index contributed by atoms with van der Waals surface area (Å²) >= 11 is 5.74. The van der Waals surface area contributed by atoms with E-state index >= 15 is 0 Å². The number of alkyl halides is 3. The number of hydrogen-bond acceptors (Lipinski definition) is 5. The number of aliphatic hydroxyl groups is 1. The Morgan fingerprint density at radius 1 is 1.34 bits per heavy atom. The number of allylic oxidation sites excluding steroid dienone is 1. The van der Waals surface area contributed by atoms with Gasteiger partial charge in [-0.15, -0.1) is 0 Å². The quantitative estimate of drug-likeness (QED) is 0.496. The minimum Gasteiger partial charge on any atom is -0.487 e. The number of rotatable bonds is 8. The summed E-state index contributed by atoms with van der Waals surface area (Å²) < 4.78 is 63.7. The summed E-state index contributed by atoms with van der Waals surface area (Å²) in [7, 11) is 0. The van der Waals surface area contributed by atoms with Crippen LogP contribution in [-0.4, -0.2) is 39.2 Å². The summed E-state index contributed by atoms with van der Waals surface area (Å²) in [6.45, 7) is 4.18. The van der Waals surface area contributed by atoms with Gasteiger partial charge in [-0.2, -0.15) is 18.3 Å². The van der Waals surface area contributed by atoms with Crippen molar-refractivity contribution in [3.63, 3.8) is 0 Å². The fourth-order valence-corrected chi connectivity index (χ4v) is 4.32. The third kappa shape index (κ3) is 6.46. The van der Waals surface area contributed by atoms with Gasteiger partial charge in [0.1, 0.15) is 11.6 Å². The number of hydrogen-bond donors (Lipinski definition) is 2. The fraction of sp³-hybridized carbons (Fsp3) is 0.478. The number of aliphatic hydroxyl groups excluding tert-OH is 1. The molecule has 0 saturated heterocycles. The minimum absolute atomic E-state index is 0.0288. The van der Waals surface area contributed by atoms with E-state index in [0.29, 0.717) is 42.8 Å². The van der Waals surface area contributed by atoms with Crippen LogP contribution >= 0.6 is 11.6 Å². The van der Waals surface area contributed by atoms with Crippen molar-refractivity contribution in [1.29, 1.82) is 0 Å². The molecule has 0 spiro atoms. The lowest BCUT2D eigenvalue weighted by atomic mass is 9.80. The highest BCUT2D eigenvalue weighted by Crippen LogP contribution is 2.39. The van der Waals surface area contributed by atoms with E-state index in [1.54, 1.807) is 10.9 Å². The Hall–Kier alpha value is -2.79. The average Bonchev–Trinajstić information content (AvgIpc) is 3.18. The van der Waals surface area contributed by atoms with Crippen LogP contribution in [0.1, 0.15) is 43.8 Å². The van der Waals surface area contributed by atoms with Crippen LogP contribution < -0.4 is 14.8 Å². The molecule has 1 aliphatic heterocycles. The fourth-order valence-electron chi connectivity index (χ4n) is 4.15. The van der Waals surface area contributed by atoms with Gasteiger partial charge < -0.3 is 19.9 Å². The van der Waals surface area contributed by atoms with E-state index in [-0.39, 0.29) is 23.3 Å². The molecule has 1 fully saturated rings. The van der Waals surface area contributed by atoms with E-state index in [1.165, 1.54) is 12.3 Å². The van der Waals surface area contributed by atoms with E-state index in [1.807, 2.05) is 0 Å². The van der Waals surface area contributed by atoms with Gasteiger partial charge in [-0.25, -0.2) is 4.39 Å². The molecule has 0 radical (unpaired) electrons. The number of carbonyl (C=O) groups is 1. The van der Waals surface area contributed by atoms with Gasteiger partial charge in [-0.1, -0.05) is 18.2 Å². The van der Waals surface area contributed by atoms with Crippen LogP contribution in [0.5, 0.6) is 11.5 Å². The van der Waals surface area contributed by atoms with Crippen LogP contribution in [0, 0.1) is 11.7 Å². The number of aryl methyl sites for hydroxylation is 1. The SMILES string of the molecule is C=C(CCn1cc(O[C@H]2C[C@@H](CC(F)(F)F)C2)cn1)NC(=O)[C@H]1C[C@@H](O)c2cc(Cl)c(F)cc2O1. The number of ether oxygens (including phenoxy) is 2. The van der Waals surface area contributed by atoms with Crippen LogP contribution in [0.2, 0.25) is 5.02 Å². The van der Waals surface area contributed by atoms with Crippen LogP contribution in [0.3, 0.4) is 0 Å². The van der Waals surface area contributed by atoms with Crippen molar-refractivity contribution < 1.29 is 36.9 Å². The highest BCUT2D eigenvalue weighted by molar-refractivity contribution is 6.30. The molecule has 2 heterocycles. The molecule has 2 aliphatic rings. The molecule has 2 aromatic rings. The van der Waals surface area contributed by atoms with Crippen molar-refractivity contribution in [2.24, 2.45) is 5.92 Å². The largest absolute Gasteiger partial charge is 0.487 e. The average molecular weight is 518 g/mol. The predicted octanol–water partition coefficient (Wildman–Crippen LogP) is 4.69. The Balaban J connectivity index is 1.21. The Labute approximate surface area is 203 Å². The molecule has 1 saturated carbocycles. The predicted molar refractivity (Wildman–Crippen MR) is 117 cm³/mol. The molecule has 4 rings (SSSR count). The smallest absolute Gasteiger partial charge is 0.389 e. The first-order valence-electron chi connectivity index (χ1n) is 11.0. The molecule has 2 atom stereocenters. The van der Waals surface area contributed by atoms with E-state index in [0.717, 1.165) is 6.07 Å². The van der Waals surface area contributed by atoms with Gasteiger partial charge >= 0.3 is 6.18 Å². The standard InChI is InChI=1S/C23H24ClF4N3O4/c1-12(30-22(33)21-8-19(32)16-6-17(24)18(25)7-20(16)35-21)2-3-31-11-15(10-29-31)34-14-4-13(5-14)9-23(26,27)28/h6-7,10-11,13-14,19,21,32H,1-5,8-9H2,(H,30,33)/t13-,14+,19-,21-/m1/s1. The minimum atomic E-state index is -4.15. The van der Waals surface area contributed by atoms with Crippen LogP contribution in [0.4, 0.5) is 17.6 Å². The van der Waals surface area contributed by atoms with E-state index in [2.05, 4.69) is 17.0 Å². The second-order valence-corrected chi connectivity index (χ2v) is 9.25. The van der Waals surface area contributed by atoms with E-state index in [4.69, 9.17) is 21.1 Å². The van der Waals surface area contributed by atoms with Crippen LogP contribution in [0.15, 0.2) is 36.8 Å². The second-order valence-electron chi connectivity index (χ2n) is 8.84. The Bertz CT molecular complexity index is 1100. The molecular weight excluding hydrogens is 494 g/mol. The first-order valence-corrected chi connectivity index (χ1v) is 11.4. The molecule has 35 heavy (non-hydrogen) atoms. The van der Waals surface area contributed by atoms with E-state index in [9.17, 15) is 27.5 Å². The van der Waals surface area contributed by atoms with Gasteiger partial charge in [0.2, 0.25) is 0 Å². The van der Waals surface area contributed by atoms with Crippen molar-refractivity contribution in [1.82, 2.24) is 15.1 Å². The maximum atomic E-state index is 13.7. The third-order valence-corrected chi connectivity index (χ3v) is 6.27. The van der Waals surface area contributed by atoms with Gasteiger partial charge in [0.05, 0.1) is 29.6 Å². The van der Waals surface area contributed by atoms with Crippen molar-refractivity contribution in [2.45, 2.75) is 63.1 Å². The number of nitrogens with zero attached hydrogens (tertiary/aromatic N) is 2. The maximum absolute atomic E-state index is 13.7. The maximum Gasteiger partial charge on any atom is 0.389 e. The molecule has 1 aromatic heterocycles. The molecule has 12 heteroatoms. The topological polar surface area (TPSA) is 85.6 Å². The first-order chi connectivity index (χ1) is 16.5. The normalized spacial score (nSPS) is 23.6. The van der Waals surface area contributed by atoms with Gasteiger partial charge in [0, 0.05) is 43.1 Å². The summed E-state index contributed by atoms with van der Waals surface area (Å²) in [5.74, 6) is -1.13. The summed E-state index contributed by atoms with van der Waals surface area (Å²) in [5, 5.41) is 16.9. The molecular formula is C23H24ClF4N3O4. The van der Waals surface area contributed by atoms with Gasteiger partial charge in [0.25, 0.3) is 5.91 Å². The Morgan fingerprint density at radius 2 is 2.09 bits per heavy atom. The zero-order chi connectivity index (χ0) is 25.3. The molecule has 2 N–H and O–H groups in total. The number of aromatic nitrogens is 2. The number of nitrogens with one attached hydrogen (secondary N) is 1. The molecule has 0 unspecified atom stereocenters. The summed E-state index contributed by atoms with van der Waals surface area (Å²) in [6.07, 6.45) is -3.15. The zero-order valence-corrected chi connectivity index (χ0v) is 19.3. The van der Waals surface area contributed by atoms with Crippen LogP contribution in [-0.2, 0) is 11.3 Å².